The summed E-state index contributed by atoms with van der Waals surface area (Å²) in [4.78, 5) is 25.5. The van der Waals surface area contributed by atoms with E-state index >= 15 is 0 Å². The molecule has 108 valence electrons. The van der Waals surface area contributed by atoms with Crippen LogP contribution >= 0.6 is 0 Å². The second kappa shape index (κ2) is 6.55. The molecule has 2 rings (SSSR count). The predicted molar refractivity (Wildman–Crippen MR) is 76.6 cm³/mol. The number of amides is 1. The third-order valence-electron chi connectivity index (χ3n) is 3.83. The van der Waals surface area contributed by atoms with E-state index in [1.807, 2.05) is 25.1 Å². The molecule has 0 bridgehead atoms. The first-order valence-electron chi connectivity index (χ1n) is 7.15. The molecule has 1 unspecified atom stereocenters. The van der Waals surface area contributed by atoms with Gasteiger partial charge < -0.3 is 10.0 Å². The van der Waals surface area contributed by atoms with Crippen molar-refractivity contribution >= 4 is 11.9 Å². The first-order valence-corrected chi connectivity index (χ1v) is 7.15. The highest BCUT2D eigenvalue weighted by Gasteiger charge is 2.26. The number of nitrogens with zero attached hydrogens (tertiary/aromatic N) is 1. The van der Waals surface area contributed by atoms with Crippen LogP contribution in [0.15, 0.2) is 24.3 Å². The van der Waals surface area contributed by atoms with Gasteiger partial charge >= 0.3 is 5.97 Å². The number of carbonyl (C=O) groups is 2. The summed E-state index contributed by atoms with van der Waals surface area (Å²) in [5.41, 5.74) is 1.72. The Kier molecular flexibility index (Phi) is 4.77. The Morgan fingerprint density at radius 2 is 1.95 bits per heavy atom. The molecule has 0 spiro atoms. The molecule has 1 aliphatic heterocycles. The van der Waals surface area contributed by atoms with Crippen molar-refractivity contribution in [1.29, 1.82) is 0 Å². The van der Waals surface area contributed by atoms with Gasteiger partial charge in [-0.05, 0) is 31.7 Å². The zero-order valence-corrected chi connectivity index (χ0v) is 11.8. The molecule has 1 aliphatic rings. The lowest BCUT2D eigenvalue weighted by molar-refractivity contribution is -0.143. The molecule has 4 heteroatoms. The van der Waals surface area contributed by atoms with Gasteiger partial charge in [-0.3, -0.25) is 9.59 Å². The Morgan fingerprint density at radius 1 is 1.25 bits per heavy atom. The van der Waals surface area contributed by atoms with Crippen molar-refractivity contribution < 1.29 is 14.7 Å². The van der Waals surface area contributed by atoms with Gasteiger partial charge in [0.15, 0.2) is 0 Å². The molecule has 1 atom stereocenters. The maximum absolute atomic E-state index is 12.2. The Balaban J connectivity index is 2.09. The Bertz CT molecular complexity index is 492. The lowest BCUT2D eigenvalue weighted by Gasteiger charge is -2.27. The number of rotatable bonds is 4. The number of carbonyl (C=O) groups excluding carboxylic acids is 1. The monoisotopic (exact) mass is 275 g/mol. The fraction of sp³-hybridized carbons (Fsp3) is 0.500. The minimum absolute atomic E-state index is 0.0430. The van der Waals surface area contributed by atoms with Crippen molar-refractivity contribution in [2.24, 2.45) is 0 Å². The van der Waals surface area contributed by atoms with E-state index in [4.69, 9.17) is 0 Å². The fourth-order valence-electron chi connectivity index (χ4n) is 2.68. The summed E-state index contributed by atoms with van der Waals surface area (Å²) in [5, 5.41) is 9.39. The van der Waals surface area contributed by atoms with Gasteiger partial charge in [-0.2, -0.15) is 0 Å². The lowest BCUT2D eigenvalue weighted by atomic mass is 9.93. The van der Waals surface area contributed by atoms with E-state index in [9.17, 15) is 14.7 Å². The summed E-state index contributed by atoms with van der Waals surface area (Å²) in [6.45, 7) is 3.45. The van der Waals surface area contributed by atoms with E-state index in [1.165, 1.54) is 0 Å². The molecule has 1 amide bonds. The van der Waals surface area contributed by atoms with Crippen LogP contribution in [0.5, 0.6) is 0 Å². The van der Waals surface area contributed by atoms with Crippen LogP contribution in [0.3, 0.4) is 0 Å². The molecule has 1 N–H and O–H groups in total. The molecular formula is C16H21NO3. The molecular weight excluding hydrogens is 254 g/mol. The quantitative estimate of drug-likeness (QED) is 0.918. The van der Waals surface area contributed by atoms with Crippen molar-refractivity contribution in [2.45, 2.75) is 38.5 Å². The third-order valence-corrected chi connectivity index (χ3v) is 3.83. The summed E-state index contributed by atoms with van der Waals surface area (Å²) in [7, 11) is 0. The molecule has 0 radical (unpaired) electrons. The van der Waals surface area contributed by atoms with Crippen LogP contribution in [0.2, 0.25) is 0 Å². The van der Waals surface area contributed by atoms with Crippen LogP contribution in [0.4, 0.5) is 0 Å². The number of hydrogen-bond acceptors (Lipinski definition) is 2. The maximum Gasteiger partial charge on any atom is 0.311 e. The molecule has 1 aromatic carbocycles. The standard InChI is InChI=1S/C16H21NO3/c1-12-6-5-7-13(10-12)14(16(19)20)11-15(18)17-8-3-2-4-9-17/h5-7,10,14H,2-4,8-9,11H2,1H3,(H,19,20). The summed E-state index contributed by atoms with van der Waals surface area (Å²) < 4.78 is 0. The van der Waals surface area contributed by atoms with E-state index in [2.05, 4.69) is 0 Å². The van der Waals surface area contributed by atoms with Crippen molar-refractivity contribution in [3.63, 3.8) is 0 Å². The molecule has 1 saturated heterocycles. The van der Waals surface area contributed by atoms with E-state index in [0.717, 1.165) is 37.9 Å². The molecule has 0 saturated carbocycles. The number of likely N-dealkylation sites (tertiary alicyclic amines) is 1. The van der Waals surface area contributed by atoms with E-state index < -0.39 is 11.9 Å². The number of benzene rings is 1. The van der Waals surface area contributed by atoms with Crippen LogP contribution in [-0.2, 0) is 9.59 Å². The van der Waals surface area contributed by atoms with E-state index in [1.54, 1.807) is 11.0 Å². The second-order valence-electron chi connectivity index (χ2n) is 5.45. The first kappa shape index (κ1) is 14.6. The molecule has 0 aliphatic carbocycles. The smallest absolute Gasteiger partial charge is 0.311 e. The molecule has 0 aromatic heterocycles. The summed E-state index contributed by atoms with van der Waals surface area (Å²) in [6, 6.07) is 7.40. The van der Waals surface area contributed by atoms with Crippen molar-refractivity contribution in [3.8, 4) is 0 Å². The molecule has 4 nitrogen and oxygen atoms in total. The molecule has 20 heavy (non-hydrogen) atoms. The number of carboxylic acids is 1. The van der Waals surface area contributed by atoms with Crippen LogP contribution < -0.4 is 0 Å². The zero-order chi connectivity index (χ0) is 14.5. The van der Waals surface area contributed by atoms with Gasteiger partial charge in [0.1, 0.15) is 0 Å². The van der Waals surface area contributed by atoms with Gasteiger partial charge in [0, 0.05) is 19.5 Å². The second-order valence-corrected chi connectivity index (χ2v) is 5.45. The Morgan fingerprint density at radius 3 is 2.55 bits per heavy atom. The summed E-state index contributed by atoms with van der Waals surface area (Å²) >= 11 is 0. The Hall–Kier alpha value is -1.84. The van der Waals surface area contributed by atoms with E-state index in [0.29, 0.717) is 5.56 Å². The van der Waals surface area contributed by atoms with Gasteiger partial charge in [-0.15, -0.1) is 0 Å². The van der Waals surface area contributed by atoms with E-state index in [-0.39, 0.29) is 12.3 Å². The number of carboxylic acid groups (broad SMARTS) is 1. The molecule has 1 aromatic rings. The van der Waals surface area contributed by atoms with Gasteiger partial charge in [0.05, 0.1) is 5.92 Å². The fourth-order valence-corrected chi connectivity index (χ4v) is 2.68. The molecule has 1 fully saturated rings. The maximum atomic E-state index is 12.2. The van der Waals surface area contributed by atoms with Crippen LogP contribution in [0, 0.1) is 6.92 Å². The van der Waals surface area contributed by atoms with Gasteiger partial charge in [0.2, 0.25) is 5.91 Å². The van der Waals surface area contributed by atoms with Crippen LogP contribution in [-0.4, -0.2) is 35.0 Å². The highest BCUT2D eigenvalue weighted by atomic mass is 16.4. The largest absolute Gasteiger partial charge is 0.481 e. The zero-order valence-electron chi connectivity index (χ0n) is 11.8. The lowest BCUT2D eigenvalue weighted by Crippen LogP contribution is -2.37. The van der Waals surface area contributed by atoms with Gasteiger partial charge in [-0.25, -0.2) is 0 Å². The summed E-state index contributed by atoms with van der Waals surface area (Å²) in [6.07, 6.45) is 3.25. The average Bonchev–Trinajstić information content (AvgIpc) is 2.45. The number of piperidine rings is 1. The van der Waals surface area contributed by atoms with Crippen molar-refractivity contribution in [2.75, 3.05) is 13.1 Å². The van der Waals surface area contributed by atoms with Crippen LogP contribution in [0.25, 0.3) is 0 Å². The number of aliphatic carboxylic acids is 1. The van der Waals surface area contributed by atoms with Crippen molar-refractivity contribution in [1.82, 2.24) is 4.90 Å². The minimum atomic E-state index is -0.930. The Labute approximate surface area is 119 Å². The highest BCUT2D eigenvalue weighted by molar-refractivity contribution is 5.85. The van der Waals surface area contributed by atoms with Gasteiger partial charge in [0.25, 0.3) is 0 Å². The summed E-state index contributed by atoms with van der Waals surface area (Å²) in [5.74, 6) is -1.72. The highest BCUT2D eigenvalue weighted by Crippen LogP contribution is 2.23. The van der Waals surface area contributed by atoms with Crippen LogP contribution in [0.1, 0.15) is 42.7 Å². The third kappa shape index (κ3) is 3.59. The topological polar surface area (TPSA) is 57.6 Å². The first-order chi connectivity index (χ1) is 9.58. The molecule has 1 heterocycles. The van der Waals surface area contributed by atoms with Gasteiger partial charge in [-0.1, -0.05) is 29.8 Å². The van der Waals surface area contributed by atoms with Crippen molar-refractivity contribution in [3.05, 3.63) is 35.4 Å². The number of aryl methyl sites for hydroxylation is 1. The SMILES string of the molecule is Cc1cccc(C(CC(=O)N2CCCCC2)C(=O)O)c1. The normalized spacial score (nSPS) is 16.8. The minimum Gasteiger partial charge on any atom is -0.481 e. The number of hydrogen-bond donors (Lipinski definition) is 1. The average molecular weight is 275 g/mol. The predicted octanol–water partition coefficient (Wildman–Crippen LogP) is 2.57.